The lowest BCUT2D eigenvalue weighted by Gasteiger charge is -2.00. The van der Waals surface area contributed by atoms with Crippen LogP contribution >= 0.6 is 22.9 Å². The van der Waals surface area contributed by atoms with Crippen LogP contribution in [0.15, 0.2) is 40.2 Å². The van der Waals surface area contributed by atoms with E-state index in [0.717, 1.165) is 16.3 Å². The fourth-order valence-corrected chi connectivity index (χ4v) is 2.82. The maximum Gasteiger partial charge on any atom is 0.273 e. The summed E-state index contributed by atoms with van der Waals surface area (Å²) in [4.78, 5) is 16.4. The lowest BCUT2D eigenvalue weighted by Crippen LogP contribution is -2.26. The van der Waals surface area contributed by atoms with Crippen LogP contribution in [0.3, 0.4) is 0 Å². The van der Waals surface area contributed by atoms with Crippen LogP contribution in [0.5, 0.6) is 0 Å². The summed E-state index contributed by atoms with van der Waals surface area (Å²) in [6.07, 6.45) is 0.692. The standard InChI is InChI=1S/C16H14ClN3O2S/c1-10-19-13(9-23-10)6-7-18-16(21)14-8-15(22-20-14)11-2-4-12(17)5-3-11/h2-5,8-9H,6-7H2,1H3,(H,18,21). The Morgan fingerprint density at radius 3 is 2.83 bits per heavy atom. The number of amides is 1. The van der Waals surface area contributed by atoms with E-state index >= 15 is 0 Å². The molecule has 1 N–H and O–H groups in total. The number of aromatic nitrogens is 2. The average molecular weight is 348 g/mol. The normalized spacial score (nSPS) is 10.7. The molecule has 0 saturated carbocycles. The summed E-state index contributed by atoms with van der Waals surface area (Å²) in [6, 6.07) is 8.76. The molecule has 23 heavy (non-hydrogen) atoms. The number of thiazole rings is 1. The molecule has 0 aliphatic heterocycles. The zero-order valence-electron chi connectivity index (χ0n) is 12.4. The summed E-state index contributed by atoms with van der Waals surface area (Å²) in [5.74, 6) is 0.267. The molecule has 0 unspecified atom stereocenters. The van der Waals surface area contributed by atoms with Crippen molar-refractivity contribution in [2.75, 3.05) is 6.54 Å². The lowest BCUT2D eigenvalue weighted by atomic mass is 10.1. The second kappa shape index (κ2) is 6.93. The van der Waals surface area contributed by atoms with Crippen molar-refractivity contribution in [3.05, 3.63) is 57.1 Å². The maximum atomic E-state index is 12.1. The predicted molar refractivity (Wildman–Crippen MR) is 89.8 cm³/mol. The SMILES string of the molecule is Cc1nc(CCNC(=O)c2cc(-c3ccc(Cl)cc3)on2)cs1. The summed E-state index contributed by atoms with van der Waals surface area (Å²) in [7, 11) is 0. The Hall–Kier alpha value is -2.18. The smallest absolute Gasteiger partial charge is 0.273 e. The Morgan fingerprint density at radius 1 is 1.35 bits per heavy atom. The number of nitrogens with zero attached hydrogens (tertiary/aromatic N) is 2. The fourth-order valence-electron chi connectivity index (χ4n) is 2.05. The van der Waals surface area contributed by atoms with Crippen molar-refractivity contribution >= 4 is 28.8 Å². The quantitative estimate of drug-likeness (QED) is 0.763. The Bertz CT molecular complexity index is 811. The predicted octanol–water partition coefficient (Wildman–Crippen LogP) is 3.73. The first-order valence-corrected chi connectivity index (χ1v) is 8.29. The van der Waals surface area contributed by atoms with Crippen molar-refractivity contribution in [1.82, 2.24) is 15.5 Å². The van der Waals surface area contributed by atoms with Crippen LogP contribution in [0.25, 0.3) is 11.3 Å². The molecular formula is C16H14ClN3O2S. The summed E-state index contributed by atoms with van der Waals surface area (Å²) in [6.45, 7) is 2.46. The molecule has 7 heteroatoms. The minimum Gasteiger partial charge on any atom is -0.355 e. The Kier molecular flexibility index (Phi) is 4.73. The van der Waals surface area contributed by atoms with Gasteiger partial charge in [0.15, 0.2) is 11.5 Å². The zero-order chi connectivity index (χ0) is 16.2. The van der Waals surface area contributed by atoms with Gasteiger partial charge in [-0.3, -0.25) is 4.79 Å². The Morgan fingerprint density at radius 2 is 2.13 bits per heavy atom. The zero-order valence-corrected chi connectivity index (χ0v) is 13.9. The molecule has 0 radical (unpaired) electrons. The van der Waals surface area contributed by atoms with Gasteiger partial charge in [0.2, 0.25) is 0 Å². The van der Waals surface area contributed by atoms with E-state index in [0.29, 0.717) is 23.7 Å². The highest BCUT2D eigenvalue weighted by Crippen LogP contribution is 2.22. The van der Waals surface area contributed by atoms with E-state index in [1.165, 1.54) is 0 Å². The lowest BCUT2D eigenvalue weighted by molar-refractivity contribution is 0.0945. The van der Waals surface area contributed by atoms with E-state index < -0.39 is 0 Å². The minimum absolute atomic E-state index is 0.254. The number of benzene rings is 1. The van der Waals surface area contributed by atoms with Crippen LogP contribution in [0, 0.1) is 6.92 Å². The van der Waals surface area contributed by atoms with E-state index in [9.17, 15) is 4.79 Å². The van der Waals surface area contributed by atoms with Gasteiger partial charge in [-0.25, -0.2) is 4.98 Å². The van der Waals surface area contributed by atoms with Gasteiger partial charge in [0.1, 0.15) is 0 Å². The van der Waals surface area contributed by atoms with Crippen LogP contribution in [-0.2, 0) is 6.42 Å². The molecule has 0 aliphatic carbocycles. The molecule has 3 aromatic rings. The molecule has 5 nitrogen and oxygen atoms in total. The third kappa shape index (κ3) is 3.97. The fraction of sp³-hybridized carbons (Fsp3) is 0.188. The van der Waals surface area contributed by atoms with Gasteiger partial charge in [-0.05, 0) is 31.2 Å². The molecule has 0 atom stereocenters. The van der Waals surface area contributed by atoms with E-state index in [1.54, 1.807) is 29.5 Å². The molecule has 0 aliphatic rings. The molecule has 118 valence electrons. The van der Waals surface area contributed by atoms with Crippen molar-refractivity contribution < 1.29 is 9.32 Å². The molecular weight excluding hydrogens is 334 g/mol. The second-order valence-corrected chi connectivity index (χ2v) is 6.45. The van der Waals surface area contributed by atoms with Crippen molar-refractivity contribution in [1.29, 1.82) is 0 Å². The first-order chi connectivity index (χ1) is 11.1. The first kappa shape index (κ1) is 15.7. The van der Waals surface area contributed by atoms with Crippen LogP contribution in [-0.4, -0.2) is 22.6 Å². The van der Waals surface area contributed by atoms with Gasteiger partial charge < -0.3 is 9.84 Å². The van der Waals surface area contributed by atoms with Gasteiger partial charge in [-0.1, -0.05) is 16.8 Å². The number of nitrogens with one attached hydrogen (secondary N) is 1. The van der Waals surface area contributed by atoms with Crippen molar-refractivity contribution in [2.45, 2.75) is 13.3 Å². The third-order valence-corrected chi connectivity index (χ3v) is 4.28. The molecule has 0 fully saturated rings. The molecule has 2 heterocycles. The summed E-state index contributed by atoms with van der Waals surface area (Å²) in [5.41, 5.74) is 2.05. The van der Waals surface area contributed by atoms with Gasteiger partial charge in [0.05, 0.1) is 10.7 Å². The first-order valence-electron chi connectivity index (χ1n) is 7.03. The van der Waals surface area contributed by atoms with Gasteiger partial charge >= 0.3 is 0 Å². The van der Waals surface area contributed by atoms with Crippen LogP contribution in [0.2, 0.25) is 5.02 Å². The number of aryl methyl sites for hydroxylation is 1. The summed E-state index contributed by atoms with van der Waals surface area (Å²) >= 11 is 7.45. The average Bonchev–Trinajstić information content (AvgIpc) is 3.17. The van der Waals surface area contributed by atoms with E-state index in [1.807, 2.05) is 24.4 Å². The van der Waals surface area contributed by atoms with Gasteiger partial charge in [0, 0.05) is 35.0 Å². The van der Waals surface area contributed by atoms with Gasteiger partial charge in [-0.15, -0.1) is 11.3 Å². The summed E-state index contributed by atoms with van der Waals surface area (Å²) < 4.78 is 5.22. The molecule has 0 saturated heterocycles. The van der Waals surface area contributed by atoms with Crippen LogP contribution in [0.4, 0.5) is 0 Å². The summed E-state index contributed by atoms with van der Waals surface area (Å²) in [5, 5.41) is 10.3. The highest BCUT2D eigenvalue weighted by Gasteiger charge is 2.13. The largest absolute Gasteiger partial charge is 0.355 e. The molecule has 0 bridgehead atoms. The number of carbonyl (C=O) groups excluding carboxylic acids is 1. The van der Waals surface area contributed by atoms with Gasteiger partial charge in [0.25, 0.3) is 5.91 Å². The Balaban J connectivity index is 1.58. The molecule has 3 rings (SSSR count). The Labute approximate surface area is 142 Å². The van der Waals surface area contributed by atoms with Crippen LogP contribution < -0.4 is 5.32 Å². The van der Waals surface area contributed by atoms with E-state index in [4.69, 9.17) is 16.1 Å². The van der Waals surface area contributed by atoms with Crippen molar-refractivity contribution in [2.24, 2.45) is 0 Å². The number of hydrogen-bond acceptors (Lipinski definition) is 5. The van der Waals surface area contributed by atoms with Crippen LogP contribution in [0.1, 0.15) is 21.2 Å². The number of hydrogen-bond donors (Lipinski definition) is 1. The molecule has 0 spiro atoms. The minimum atomic E-state index is -0.263. The monoisotopic (exact) mass is 347 g/mol. The maximum absolute atomic E-state index is 12.1. The second-order valence-electron chi connectivity index (χ2n) is 4.95. The highest BCUT2D eigenvalue weighted by atomic mass is 35.5. The molecule has 1 aromatic carbocycles. The number of carbonyl (C=O) groups is 1. The third-order valence-electron chi connectivity index (χ3n) is 3.20. The van der Waals surface area contributed by atoms with E-state index in [2.05, 4.69) is 15.5 Å². The molecule has 2 aromatic heterocycles. The highest BCUT2D eigenvalue weighted by molar-refractivity contribution is 7.09. The number of halogens is 1. The van der Waals surface area contributed by atoms with Gasteiger partial charge in [-0.2, -0.15) is 0 Å². The van der Waals surface area contributed by atoms with E-state index in [-0.39, 0.29) is 11.6 Å². The van der Waals surface area contributed by atoms with Crippen molar-refractivity contribution in [3.8, 4) is 11.3 Å². The number of rotatable bonds is 5. The topological polar surface area (TPSA) is 68.0 Å². The molecule has 1 amide bonds. The van der Waals surface area contributed by atoms with Crippen molar-refractivity contribution in [3.63, 3.8) is 0 Å².